The van der Waals surface area contributed by atoms with Gasteiger partial charge in [-0.1, -0.05) is 30.3 Å². The minimum Gasteiger partial charge on any atom is -0.496 e. The van der Waals surface area contributed by atoms with Crippen molar-refractivity contribution in [2.45, 2.75) is 17.9 Å². The normalized spacial score (nSPS) is 11.0. The van der Waals surface area contributed by atoms with Crippen molar-refractivity contribution in [3.8, 4) is 5.75 Å². The number of ether oxygens (including phenoxy) is 2. The summed E-state index contributed by atoms with van der Waals surface area (Å²) in [6.07, 6.45) is 0.531. The van der Waals surface area contributed by atoms with Crippen LogP contribution >= 0.6 is 12.4 Å². The van der Waals surface area contributed by atoms with Crippen molar-refractivity contribution in [2.24, 2.45) is 5.73 Å². The highest BCUT2D eigenvalue weighted by Crippen LogP contribution is 2.26. The molecule has 0 heterocycles. The number of nitrogens with two attached hydrogens (primary N) is 1. The fourth-order valence-electron chi connectivity index (χ4n) is 2.60. The summed E-state index contributed by atoms with van der Waals surface area (Å²) in [6.45, 7) is 0.893. The number of esters is 1. The first-order valence-corrected chi connectivity index (χ1v) is 9.88. The molecule has 7 nitrogen and oxygen atoms in total. The van der Waals surface area contributed by atoms with E-state index in [9.17, 15) is 13.2 Å². The van der Waals surface area contributed by atoms with Gasteiger partial charge in [-0.05, 0) is 30.7 Å². The maximum absolute atomic E-state index is 13.2. The van der Waals surface area contributed by atoms with E-state index >= 15 is 0 Å². The average Bonchev–Trinajstić information content (AvgIpc) is 2.70. The number of carbonyl (C=O) groups excluding carboxylic acids is 1. The Bertz CT molecular complexity index is 875. The topological polar surface area (TPSA) is 98.9 Å². The van der Waals surface area contributed by atoms with Gasteiger partial charge in [0, 0.05) is 19.2 Å². The largest absolute Gasteiger partial charge is 0.496 e. The number of hydrogen-bond acceptors (Lipinski definition) is 6. The van der Waals surface area contributed by atoms with Crippen LogP contribution in [0.15, 0.2) is 53.4 Å². The van der Waals surface area contributed by atoms with E-state index in [1.165, 1.54) is 36.7 Å². The minimum absolute atomic E-state index is 0. The number of rotatable bonds is 9. The predicted octanol–water partition coefficient (Wildman–Crippen LogP) is 2.44. The van der Waals surface area contributed by atoms with Crippen LogP contribution in [-0.4, -0.2) is 46.0 Å². The van der Waals surface area contributed by atoms with Gasteiger partial charge in [0.1, 0.15) is 11.3 Å². The lowest BCUT2D eigenvalue weighted by Gasteiger charge is -2.22. The smallest absolute Gasteiger partial charge is 0.341 e. The highest BCUT2D eigenvalue weighted by atomic mass is 35.5. The first-order chi connectivity index (χ1) is 12.9. The molecule has 9 heteroatoms. The van der Waals surface area contributed by atoms with Crippen LogP contribution in [-0.2, 0) is 21.3 Å². The Kier molecular flexibility index (Phi) is 9.40. The Morgan fingerprint density at radius 3 is 2.36 bits per heavy atom. The van der Waals surface area contributed by atoms with E-state index in [2.05, 4.69) is 0 Å². The third kappa shape index (κ3) is 5.68. The van der Waals surface area contributed by atoms with Gasteiger partial charge in [0.15, 0.2) is 0 Å². The minimum atomic E-state index is -3.81. The van der Waals surface area contributed by atoms with E-state index in [1.54, 1.807) is 0 Å². The first-order valence-electron chi connectivity index (χ1n) is 8.44. The monoisotopic (exact) mass is 428 g/mol. The van der Waals surface area contributed by atoms with Crippen LogP contribution in [0.5, 0.6) is 5.75 Å². The quantitative estimate of drug-likeness (QED) is 0.616. The zero-order valence-electron chi connectivity index (χ0n) is 15.8. The third-order valence-electron chi connectivity index (χ3n) is 4.03. The Morgan fingerprint density at radius 2 is 1.79 bits per heavy atom. The second-order valence-electron chi connectivity index (χ2n) is 5.82. The summed E-state index contributed by atoms with van der Waals surface area (Å²) < 4.78 is 37.6. The molecule has 2 aromatic rings. The summed E-state index contributed by atoms with van der Waals surface area (Å²) in [5.74, 6) is -0.457. The van der Waals surface area contributed by atoms with Crippen molar-refractivity contribution in [3.05, 3.63) is 59.7 Å². The zero-order valence-corrected chi connectivity index (χ0v) is 17.5. The molecule has 0 spiro atoms. The molecule has 2 rings (SSSR count). The summed E-state index contributed by atoms with van der Waals surface area (Å²) in [5, 5.41) is 0. The van der Waals surface area contributed by atoms with Crippen LogP contribution in [0, 0.1) is 0 Å². The average molecular weight is 429 g/mol. The number of hydrogen-bond donors (Lipinski definition) is 1. The van der Waals surface area contributed by atoms with Gasteiger partial charge in [-0.3, -0.25) is 0 Å². The molecular formula is C19H25ClN2O5S. The van der Waals surface area contributed by atoms with Gasteiger partial charge in [-0.15, -0.1) is 12.4 Å². The number of carbonyl (C=O) groups is 1. The lowest BCUT2D eigenvalue weighted by atomic mass is 10.2. The van der Waals surface area contributed by atoms with Gasteiger partial charge in [0.25, 0.3) is 0 Å². The molecular weight excluding hydrogens is 404 g/mol. The lowest BCUT2D eigenvalue weighted by Crippen LogP contribution is -2.32. The molecule has 2 N–H and O–H groups in total. The maximum atomic E-state index is 13.2. The molecule has 2 aromatic carbocycles. The Morgan fingerprint density at radius 1 is 1.11 bits per heavy atom. The van der Waals surface area contributed by atoms with E-state index in [1.807, 2.05) is 30.3 Å². The van der Waals surface area contributed by atoms with E-state index in [-0.39, 0.29) is 41.7 Å². The highest BCUT2D eigenvalue weighted by molar-refractivity contribution is 7.89. The van der Waals surface area contributed by atoms with Crippen molar-refractivity contribution in [2.75, 3.05) is 27.3 Å². The van der Waals surface area contributed by atoms with Crippen LogP contribution < -0.4 is 10.5 Å². The SMILES string of the molecule is COC(=O)c1ccc(S(=O)(=O)N(CCCN)Cc2ccccc2)cc1OC.Cl. The molecule has 28 heavy (non-hydrogen) atoms. The number of halogens is 1. The first kappa shape index (κ1) is 23.9. The molecule has 0 fully saturated rings. The lowest BCUT2D eigenvalue weighted by molar-refractivity contribution is 0.0597. The molecule has 0 aliphatic carbocycles. The molecule has 0 aliphatic rings. The van der Waals surface area contributed by atoms with Gasteiger partial charge in [0.05, 0.1) is 19.1 Å². The van der Waals surface area contributed by atoms with Crippen LogP contribution in [0.4, 0.5) is 0 Å². The summed E-state index contributed by atoms with van der Waals surface area (Å²) in [4.78, 5) is 11.8. The van der Waals surface area contributed by atoms with Gasteiger partial charge < -0.3 is 15.2 Å². The van der Waals surface area contributed by atoms with Gasteiger partial charge in [-0.2, -0.15) is 4.31 Å². The van der Waals surface area contributed by atoms with Gasteiger partial charge in [-0.25, -0.2) is 13.2 Å². The fourth-order valence-corrected chi connectivity index (χ4v) is 4.08. The third-order valence-corrected chi connectivity index (χ3v) is 5.87. The van der Waals surface area contributed by atoms with E-state index in [0.717, 1.165) is 5.56 Å². The van der Waals surface area contributed by atoms with E-state index < -0.39 is 16.0 Å². The van der Waals surface area contributed by atoms with E-state index in [4.69, 9.17) is 15.2 Å². The molecule has 0 saturated heterocycles. The zero-order chi connectivity index (χ0) is 19.9. The molecule has 154 valence electrons. The standard InChI is InChI=1S/C19H24N2O5S.ClH/c1-25-18-13-16(9-10-17(18)19(22)26-2)27(23,24)21(12-6-11-20)14-15-7-4-3-5-8-15;/h3-5,7-10,13H,6,11-12,14,20H2,1-2H3;1H. The number of sulfonamides is 1. The van der Waals surface area contributed by atoms with Crippen LogP contribution in [0.25, 0.3) is 0 Å². The van der Waals surface area contributed by atoms with Crippen LogP contribution in [0.3, 0.4) is 0 Å². The van der Waals surface area contributed by atoms with Crippen molar-refractivity contribution in [1.82, 2.24) is 4.31 Å². The highest BCUT2D eigenvalue weighted by Gasteiger charge is 2.26. The molecule has 0 aromatic heterocycles. The molecule has 0 aliphatic heterocycles. The summed E-state index contributed by atoms with van der Waals surface area (Å²) in [7, 11) is -1.19. The molecule has 0 bridgehead atoms. The molecule has 0 unspecified atom stereocenters. The number of methoxy groups -OCH3 is 2. The van der Waals surface area contributed by atoms with Crippen LogP contribution in [0.2, 0.25) is 0 Å². The van der Waals surface area contributed by atoms with Gasteiger partial charge >= 0.3 is 5.97 Å². The fraction of sp³-hybridized carbons (Fsp3) is 0.316. The summed E-state index contributed by atoms with van der Waals surface area (Å²) in [5.41, 5.74) is 6.61. The number of nitrogens with zero attached hydrogens (tertiary/aromatic N) is 1. The molecule has 0 amide bonds. The van der Waals surface area contributed by atoms with Gasteiger partial charge in [0.2, 0.25) is 10.0 Å². The second kappa shape index (κ2) is 11.0. The van der Waals surface area contributed by atoms with Crippen molar-refractivity contribution in [3.63, 3.8) is 0 Å². The number of benzene rings is 2. The van der Waals surface area contributed by atoms with Crippen molar-refractivity contribution in [1.29, 1.82) is 0 Å². The van der Waals surface area contributed by atoms with E-state index in [0.29, 0.717) is 13.0 Å². The molecule has 0 radical (unpaired) electrons. The molecule has 0 atom stereocenters. The Labute approximate surface area is 171 Å². The summed E-state index contributed by atoms with van der Waals surface area (Å²) in [6, 6.07) is 13.4. The Hall–Kier alpha value is -2.13. The van der Waals surface area contributed by atoms with Crippen molar-refractivity contribution < 1.29 is 22.7 Å². The summed E-state index contributed by atoms with van der Waals surface area (Å²) >= 11 is 0. The molecule has 0 saturated carbocycles. The maximum Gasteiger partial charge on any atom is 0.341 e. The predicted molar refractivity (Wildman–Crippen MR) is 109 cm³/mol. The Balaban J connectivity index is 0.00000392. The van der Waals surface area contributed by atoms with Crippen molar-refractivity contribution >= 4 is 28.4 Å². The van der Waals surface area contributed by atoms with Crippen LogP contribution in [0.1, 0.15) is 22.3 Å². The second-order valence-corrected chi connectivity index (χ2v) is 7.76.